The number of hydrogen-bond donors (Lipinski definition) is 2. The van der Waals surface area contributed by atoms with Crippen LogP contribution in [-0.4, -0.2) is 53.0 Å². The monoisotopic (exact) mass is 349 g/mol. The molecule has 0 unspecified atom stereocenters. The molecule has 22 heavy (non-hydrogen) atoms. The molecule has 0 heterocycles. The fourth-order valence-corrected chi connectivity index (χ4v) is 2.93. The van der Waals surface area contributed by atoms with E-state index in [0.29, 0.717) is 25.2 Å². The summed E-state index contributed by atoms with van der Waals surface area (Å²) >= 11 is 0. The quantitative estimate of drug-likeness (QED) is 0.770. The van der Waals surface area contributed by atoms with Gasteiger partial charge >= 0.3 is 0 Å². The predicted molar refractivity (Wildman–Crippen MR) is 90.2 cm³/mol. The zero-order valence-electron chi connectivity index (χ0n) is 13.3. The number of amides is 1. The fraction of sp³-hybridized carbons (Fsp3) is 0.500. The number of benzene rings is 1. The standard InChI is InChI=1S/C14H23N3O3S.ClH/c1-5-16-21(19,20)12-7-6-11(2)13(10-12)14(18)17(4)9-8-15-3;/h6-7,10,15-16H,5,8-9H2,1-4H3;1H. The average Bonchev–Trinajstić information content (AvgIpc) is 2.44. The number of aryl methyl sites for hydroxylation is 1. The minimum Gasteiger partial charge on any atom is -0.340 e. The van der Waals surface area contributed by atoms with Crippen LogP contribution in [0.5, 0.6) is 0 Å². The Balaban J connectivity index is 0.00000441. The van der Waals surface area contributed by atoms with Crippen LogP contribution in [-0.2, 0) is 10.0 Å². The van der Waals surface area contributed by atoms with Gasteiger partial charge in [0, 0.05) is 32.2 Å². The van der Waals surface area contributed by atoms with Gasteiger partial charge < -0.3 is 10.2 Å². The molecule has 0 radical (unpaired) electrons. The second-order valence-electron chi connectivity index (χ2n) is 4.81. The third-order valence-corrected chi connectivity index (χ3v) is 4.67. The van der Waals surface area contributed by atoms with Crippen LogP contribution in [0.25, 0.3) is 0 Å². The summed E-state index contributed by atoms with van der Waals surface area (Å²) in [6.07, 6.45) is 0. The number of carbonyl (C=O) groups is 1. The van der Waals surface area contributed by atoms with Gasteiger partial charge in [0.25, 0.3) is 5.91 Å². The summed E-state index contributed by atoms with van der Waals surface area (Å²) < 4.78 is 26.5. The van der Waals surface area contributed by atoms with Crippen molar-refractivity contribution in [2.24, 2.45) is 0 Å². The first-order chi connectivity index (χ1) is 9.83. The van der Waals surface area contributed by atoms with Crippen molar-refractivity contribution in [3.63, 3.8) is 0 Å². The van der Waals surface area contributed by atoms with Crippen molar-refractivity contribution < 1.29 is 13.2 Å². The lowest BCUT2D eigenvalue weighted by molar-refractivity contribution is 0.0796. The molecule has 0 atom stereocenters. The zero-order chi connectivity index (χ0) is 16.0. The number of likely N-dealkylation sites (N-methyl/N-ethyl adjacent to an activating group) is 2. The molecule has 1 aromatic carbocycles. The lowest BCUT2D eigenvalue weighted by Gasteiger charge is -2.18. The lowest BCUT2D eigenvalue weighted by atomic mass is 10.1. The minimum atomic E-state index is -3.56. The van der Waals surface area contributed by atoms with Gasteiger partial charge in [-0.1, -0.05) is 13.0 Å². The smallest absolute Gasteiger partial charge is 0.253 e. The van der Waals surface area contributed by atoms with Gasteiger partial charge in [0.2, 0.25) is 10.0 Å². The Morgan fingerprint density at radius 1 is 1.32 bits per heavy atom. The van der Waals surface area contributed by atoms with Gasteiger partial charge in [0.15, 0.2) is 0 Å². The number of nitrogens with one attached hydrogen (secondary N) is 2. The number of carbonyl (C=O) groups excluding carboxylic acids is 1. The van der Waals surface area contributed by atoms with Crippen molar-refractivity contribution in [3.05, 3.63) is 29.3 Å². The first-order valence-electron chi connectivity index (χ1n) is 6.84. The van der Waals surface area contributed by atoms with Crippen molar-refractivity contribution in [1.82, 2.24) is 14.9 Å². The molecule has 2 N–H and O–H groups in total. The first-order valence-corrected chi connectivity index (χ1v) is 8.32. The Morgan fingerprint density at radius 2 is 1.95 bits per heavy atom. The third-order valence-electron chi connectivity index (χ3n) is 3.13. The van der Waals surface area contributed by atoms with Crippen LogP contribution in [0, 0.1) is 6.92 Å². The van der Waals surface area contributed by atoms with Crippen molar-refractivity contribution in [1.29, 1.82) is 0 Å². The molecule has 0 saturated carbocycles. The summed E-state index contributed by atoms with van der Waals surface area (Å²) in [7, 11) is -0.0472. The SMILES string of the molecule is CCNS(=O)(=O)c1ccc(C)c(C(=O)N(C)CCNC)c1.Cl. The van der Waals surface area contributed by atoms with E-state index in [1.807, 2.05) is 7.05 Å². The maximum atomic E-state index is 12.4. The number of sulfonamides is 1. The van der Waals surface area contributed by atoms with Gasteiger partial charge in [-0.15, -0.1) is 12.4 Å². The van der Waals surface area contributed by atoms with Crippen molar-refractivity contribution >= 4 is 28.3 Å². The molecular formula is C14H24ClN3O3S. The summed E-state index contributed by atoms with van der Waals surface area (Å²) in [6.45, 7) is 5.04. The lowest BCUT2D eigenvalue weighted by Crippen LogP contribution is -2.33. The Bertz CT molecular complexity index is 605. The molecule has 1 amide bonds. The van der Waals surface area contributed by atoms with E-state index < -0.39 is 10.0 Å². The van der Waals surface area contributed by atoms with Gasteiger partial charge in [-0.25, -0.2) is 13.1 Å². The van der Waals surface area contributed by atoms with Crippen molar-refractivity contribution in [2.75, 3.05) is 33.7 Å². The molecule has 0 aliphatic rings. The van der Waals surface area contributed by atoms with E-state index in [-0.39, 0.29) is 23.2 Å². The van der Waals surface area contributed by atoms with E-state index in [1.165, 1.54) is 12.1 Å². The summed E-state index contributed by atoms with van der Waals surface area (Å²) in [5, 5.41) is 2.97. The molecule has 0 saturated heterocycles. The molecule has 1 rings (SSSR count). The van der Waals surface area contributed by atoms with Crippen LogP contribution >= 0.6 is 12.4 Å². The number of halogens is 1. The average molecular weight is 350 g/mol. The van der Waals surface area contributed by atoms with Gasteiger partial charge in [-0.3, -0.25) is 4.79 Å². The van der Waals surface area contributed by atoms with Crippen molar-refractivity contribution in [2.45, 2.75) is 18.7 Å². The number of nitrogens with zero attached hydrogens (tertiary/aromatic N) is 1. The highest BCUT2D eigenvalue weighted by atomic mass is 35.5. The van der Waals surface area contributed by atoms with E-state index in [4.69, 9.17) is 0 Å². The Kier molecular flexibility index (Phi) is 8.62. The molecule has 1 aromatic rings. The molecule has 0 aromatic heterocycles. The number of hydrogen-bond acceptors (Lipinski definition) is 4. The Labute approximate surface area is 138 Å². The van der Waals surface area contributed by atoms with Gasteiger partial charge in [0.05, 0.1) is 4.90 Å². The second kappa shape index (κ2) is 9.09. The van der Waals surface area contributed by atoms with Crippen LogP contribution in [0.15, 0.2) is 23.1 Å². The van der Waals surface area contributed by atoms with Gasteiger partial charge in [0.1, 0.15) is 0 Å². The van der Waals surface area contributed by atoms with Crippen LogP contribution in [0.3, 0.4) is 0 Å². The van der Waals surface area contributed by atoms with E-state index in [0.717, 1.165) is 5.56 Å². The molecule has 0 aliphatic heterocycles. The summed E-state index contributed by atoms with van der Waals surface area (Å²) in [5.74, 6) is -0.184. The van der Waals surface area contributed by atoms with Crippen LogP contribution in [0.2, 0.25) is 0 Å². The van der Waals surface area contributed by atoms with E-state index in [1.54, 1.807) is 31.9 Å². The molecule has 0 fully saturated rings. The Morgan fingerprint density at radius 3 is 2.50 bits per heavy atom. The summed E-state index contributed by atoms with van der Waals surface area (Å²) in [6, 6.07) is 4.60. The predicted octanol–water partition coefficient (Wildman–Crippen LogP) is 1.01. The van der Waals surface area contributed by atoms with E-state index in [2.05, 4.69) is 10.0 Å². The Hall–Kier alpha value is -1.15. The van der Waals surface area contributed by atoms with Crippen LogP contribution in [0.1, 0.15) is 22.8 Å². The highest BCUT2D eigenvalue weighted by Crippen LogP contribution is 2.17. The molecule has 0 spiro atoms. The third kappa shape index (κ3) is 5.24. The normalized spacial score (nSPS) is 10.9. The summed E-state index contributed by atoms with van der Waals surface area (Å²) in [5.41, 5.74) is 1.17. The topological polar surface area (TPSA) is 78.5 Å². The molecule has 0 aliphatic carbocycles. The largest absolute Gasteiger partial charge is 0.340 e. The molecule has 0 bridgehead atoms. The summed E-state index contributed by atoms with van der Waals surface area (Å²) in [4.78, 5) is 14.1. The first kappa shape index (κ1) is 20.9. The van der Waals surface area contributed by atoms with E-state index in [9.17, 15) is 13.2 Å². The maximum absolute atomic E-state index is 12.4. The molecule has 6 nitrogen and oxygen atoms in total. The minimum absolute atomic E-state index is 0. The number of rotatable bonds is 7. The van der Waals surface area contributed by atoms with Crippen LogP contribution < -0.4 is 10.0 Å². The highest BCUT2D eigenvalue weighted by molar-refractivity contribution is 7.89. The van der Waals surface area contributed by atoms with Crippen molar-refractivity contribution in [3.8, 4) is 0 Å². The molecular weight excluding hydrogens is 326 g/mol. The highest BCUT2D eigenvalue weighted by Gasteiger charge is 2.19. The van der Waals surface area contributed by atoms with Crippen LogP contribution in [0.4, 0.5) is 0 Å². The van der Waals surface area contributed by atoms with E-state index >= 15 is 0 Å². The van der Waals surface area contributed by atoms with Gasteiger partial charge in [-0.05, 0) is 31.7 Å². The molecule has 8 heteroatoms. The van der Waals surface area contributed by atoms with Gasteiger partial charge in [-0.2, -0.15) is 0 Å². The fourth-order valence-electron chi connectivity index (χ4n) is 1.86. The molecule has 126 valence electrons. The second-order valence-corrected chi connectivity index (χ2v) is 6.58. The maximum Gasteiger partial charge on any atom is 0.253 e. The zero-order valence-corrected chi connectivity index (χ0v) is 15.0.